The van der Waals surface area contributed by atoms with Gasteiger partial charge in [0.1, 0.15) is 29.5 Å². The molecule has 3 fully saturated rings. The number of rotatable bonds is 8. The summed E-state index contributed by atoms with van der Waals surface area (Å²) in [6, 6.07) is 6.50. The van der Waals surface area contributed by atoms with Crippen LogP contribution in [0.4, 0.5) is 9.59 Å². The molecule has 1 aromatic rings. The van der Waals surface area contributed by atoms with Crippen LogP contribution in [-0.4, -0.2) is 118 Å². The van der Waals surface area contributed by atoms with E-state index in [-0.39, 0.29) is 24.2 Å². The summed E-state index contributed by atoms with van der Waals surface area (Å²) in [6.07, 6.45) is -10.9. The molecule has 3 aliphatic carbocycles. The first-order valence-corrected chi connectivity index (χ1v) is 20.0. The minimum absolute atomic E-state index is 0.0226. The highest BCUT2D eigenvalue weighted by atomic mass is 16.8. The molecule has 1 amide bonds. The van der Waals surface area contributed by atoms with Crippen molar-refractivity contribution in [3.05, 3.63) is 47.2 Å². The molecule has 1 aromatic carbocycles. The zero-order valence-corrected chi connectivity index (χ0v) is 36.3. The van der Waals surface area contributed by atoms with Gasteiger partial charge in [0.2, 0.25) is 5.78 Å². The number of hydrogen-bond donors (Lipinski definition) is 4. The highest BCUT2D eigenvalue weighted by molar-refractivity contribution is 6.02. The lowest BCUT2D eigenvalue weighted by Crippen LogP contribution is -2.81. The zero-order valence-electron chi connectivity index (χ0n) is 36.3. The number of esters is 3. The molecule has 2 bridgehead atoms. The van der Waals surface area contributed by atoms with E-state index in [9.17, 15) is 39.3 Å². The second-order valence-corrected chi connectivity index (χ2v) is 19.1. The number of allylic oxidation sites excluding steroid dienone is 1. The molecular formula is C43H59NO16. The standard InChI is InChI=1S/C43H59NO16/c1-21-24(57-35(50)28(47)31(38(3,4)5)44-36(51)59-39(6,7)8)19-43(53)33(58-34(49)23-16-14-13-15-17-23)30-41(11,32(48)29(56-22(2)45)27(21)40(43,9)10)25(46)18-26-42(30,20-55-26)60-37(52)54-12/h13-17,21,24-26,28,30-31,33,46-47,53H,18-20H2,1-12H3,(H,44,51)/t21?,24-,25+,26-,28-,30?,31+,33+,41-,42+,43-/m1/s1. The molecule has 4 N–H and O–H groups in total. The Morgan fingerprint density at radius 1 is 0.983 bits per heavy atom. The van der Waals surface area contributed by atoms with Gasteiger partial charge in [0.25, 0.3) is 0 Å². The molecule has 4 aliphatic rings. The van der Waals surface area contributed by atoms with Crippen molar-refractivity contribution in [3.8, 4) is 0 Å². The molecule has 1 heterocycles. The predicted octanol–water partition coefficient (Wildman–Crippen LogP) is 3.93. The van der Waals surface area contributed by atoms with Gasteiger partial charge in [-0.1, -0.05) is 59.7 Å². The minimum Gasteiger partial charge on any atom is -0.460 e. The molecule has 17 nitrogen and oxygen atoms in total. The summed E-state index contributed by atoms with van der Waals surface area (Å²) in [5.74, 6) is -7.32. The predicted molar refractivity (Wildman–Crippen MR) is 209 cm³/mol. The molecule has 0 radical (unpaired) electrons. The van der Waals surface area contributed by atoms with Gasteiger partial charge >= 0.3 is 30.2 Å². The van der Waals surface area contributed by atoms with E-state index in [1.807, 2.05) is 0 Å². The van der Waals surface area contributed by atoms with Gasteiger partial charge in [-0.3, -0.25) is 9.59 Å². The van der Waals surface area contributed by atoms with Crippen molar-refractivity contribution < 1.29 is 77.2 Å². The van der Waals surface area contributed by atoms with E-state index in [4.69, 9.17) is 33.2 Å². The Balaban J connectivity index is 1.74. The average Bonchev–Trinajstić information content (AvgIpc) is 3.13. The Morgan fingerprint density at radius 2 is 1.60 bits per heavy atom. The number of benzene rings is 1. The van der Waals surface area contributed by atoms with Crippen LogP contribution in [-0.2, 0) is 47.5 Å². The van der Waals surface area contributed by atoms with Gasteiger partial charge in [-0.25, -0.2) is 19.2 Å². The lowest BCUT2D eigenvalue weighted by Gasteiger charge is -2.67. The number of nitrogens with one attached hydrogen (secondary N) is 1. The third kappa shape index (κ3) is 8.00. The van der Waals surface area contributed by atoms with Crippen LogP contribution >= 0.6 is 0 Å². The van der Waals surface area contributed by atoms with Crippen molar-refractivity contribution in [3.63, 3.8) is 0 Å². The van der Waals surface area contributed by atoms with Crippen LogP contribution in [0.3, 0.4) is 0 Å². The molecule has 2 saturated carbocycles. The minimum atomic E-state index is -2.42. The van der Waals surface area contributed by atoms with Crippen LogP contribution < -0.4 is 5.32 Å². The monoisotopic (exact) mass is 845 g/mol. The van der Waals surface area contributed by atoms with E-state index in [1.165, 1.54) is 32.9 Å². The summed E-state index contributed by atoms with van der Waals surface area (Å²) in [5, 5.41) is 39.8. The number of ketones is 1. The fourth-order valence-electron chi connectivity index (χ4n) is 9.51. The highest BCUT2D eigenvalue weighted by Gasteiger charge is 2.78. The molecule has 332 valence electrons. The number of aliphatic hydroxyl groups excluding tert-OH is 2. The first kappa shape index (κ1) is 46.5. The Hall–Kier alpha value is -4.58. The van der Waals surface area contributed by atoms with Gasteiger partial charge in [0.15, 0.2) is 17.5 Å². The third-order valence-electron chi connectivity index (χ3n) is 12.7. The van der Waals surface area contributed by atoms with Crippen LogP contribution in [0, 0.1) is 28.1 Å². The van der Waals surface area contributed by atoms with E-state index in [2.05, 4.69) is 5.32 Å². The van der Waals surface area contributed by atoms with Crippen LogP contribution in [0.5, 0.6) is 0 Å². The maximum Gasteiger partial charge on any atom is 0.508 e. The van der Waals surface area contributed by atoms with Crippen LogP contribution in [0.2, 0.25) is 0 Å². The number of amides is 1. The summed E-state index contributed by atoms with van der Waals surface area (Å²) in [6.45, 7) is 16.6. The number of hydrogen-bond acceptors (Lipinski definition) is 16. The third-order valence-corrected chi connectivity index (χ3v) is 12.7. The van der Waals surface area contributed by atoms with Gasteiger partial charge in [0.05, 0.1) is 42.8 Å². The van der Waals surface area contributed by atoms with Crippen molar-refractivity contribution in [1.29, 1.82) is 0 Å². The van der Waals surface area contributed by atoms with E-state index in [0.29, 0.717) is 0 Å². The van der Waals surface area contributed by atoms with Crippen LogP contribution in [0.15, 0.2) is 41.7 Å². The molecule has 11 atom stereocenters. The highest BCUT2D eigenvalue weighted by Crippen LogP contribution is 2.65. The molecule has 0 aromatic heterocycles. The number of Topliss-reactive ketones (excluding diaryl/α,β-unsaturated/α-hetero) is 1. The Morgan fingerprint density at radius 3 is 2.12 bits per heavy atom. The van der Waals surface area contributed by atoms with Crippen LogP contribution in [0.1, 0.15) is 99.4 Å². The van der Waals surface area contributed by atoms with Gasteiger partial charge in [-0.2, -0.15) is 0 Å². The average molecular weight is 846 g/mol. The summed E-state index contributed by atoms with van der Waals surface area (Å²) in [7, 11) is 1.06. The van der Waals surface area contributed by atoms with Crippen molar-refractivity contribution in [1.82, 2.24) is 5.32 Å². The summed E-state index contributed by atoms with van der Waals surface area (Å²) >= 11 is 0. The second kappa shape index (κ2) is 16.0. The number of alkyl carbamates (subject to hydrolysis) is 1. The number of ether oxygens (including phenoxy) is 7. The molecule has 0 spiro atoms. The Kier molecular flexibility index (Phi) is 12.4. The molecule has 2 unspecified atom stereocenters. The summed E-state index contributed by atoms with van der Waals surface area (Å²) < 4.78 is 40.2. The molecule has 1 saturated heterocycles. The number of methoxy groups -OCH3 is 1. The first-order valence-electron chi connectivity index (χ1n) is 20.0. The second-order valence-electron chi connectivity index (χ2n) is 19.1. The number of carbonyl (C=O) groups is 6. The summed E-state index contributed by atoms with van der Waals surface area (Å²) in [5.41, 5.74) is -9.96. The summed E-state index contributed by atoms with van der Waals surface area (Å²) in [4.78, 5) is 82.7. The molecule has 17 heteroatoms. The van der Waals surface area contributed by atoms with Crippen molar-refractivity contribution in [2.75, 3.05) is 13.7 Å². The fourth-order valence-corrected chi connectivity index (χ4v) is 9.51. The smallest absolute Gasteiger partial charge is 0.460 e. The molecule has 1 aliphatic heterocycles. The number of aliphatic hydroxyl groups is 3. The lowest BCUT2D eigenvalue weighted by molar-refractivity contribution is -0.343. The number of fused-ring (bicyclic) bond motifs is 5. The Bertz CT molecular complexity index is 1910. The lowest BCUT2D eigenvalue weighted by atomic mass is 9.45. The molecular weight excluding hydrogens is 786 g/mol. The van der Waals surface area contributed by atoms with Gasteiger partial charge in [-0.15, -0.1) is 0 Å². The van der Waals surface area contributed by atoms with Gasteiger partial charge in [-0.05, 0) is 50.8 Å². The quantitative estimate of drug-likeness (QED) is 0.214. The van der Waals surface area contributed by atoms with Crippen molar-refractivity contribution >= 4 is 35.9 Å². The van der Waals surface area contributed by atoms with E-state index >= 15 is 4.79 Å². The van der Waals surface area contributed by atoms with Crippen molar-refractivity contribution in [2.45, 2.75) is 142 Å². The maximum absolute atomic E-state index is 15.4. The SMILES string of the molecule is COC(=O)O[C@@]12CO[C@@H]1C[C@H](O)[C@@]1(C)C(=O)C(OC(C)=O)=C3C(C)[C@H](OC(=O)[C@H](O)[C@H](NC(=O)OC(C)(C)C)C(C)(C)C)C[C@@](O)([C@@H](OC(=O)c4ccccc4)C12)C3(C)C. The molecule has 5 rings (SSSR count). The van der Waals surface area contributed by atoms with Crippen molar-refractivity contribution in [2.24, 2.45) is 28.1 Å². The van der Waals surface area contributed by atoms with Gasteiger partial charge < -0.3 is 53.8 Å². The van der Waals surface area contributed by atoms with E-state index in [0.717, 1.165) is 14.0 Å². The first-order chi connectivity index (χ1) is 27.6. The van der Waals surface area contributed by atoms with Gasteiger partial charge in [0, 0.05) is 31.1 Å². The normalized spacial score (nSPS) is 33.1. The zero-order chi connectivity index (χ0) is 45.1. The van der Waals surface area contributed by atoms with E-state index < -0.39 is 130 Å². The largest absolute Gasteiger partial charge is 0.508 e. The Labute approximate surface area is 349 Å². The maximum atomic E-state index is 15.4. The van der Waals surface area contributed by atoms with E-state index in [1.54, 1.807) is 66.7 Å². The topological polar surface area (TPSA) is 240 Å². The number of carbonyl (C=O) groups excluding carboxylic acids is 6. The fraction of sp³-hybridized carbons (Fsp3) is 0.674. The molecule has 60 heavy (non-hydrogen) atoms. The van der Waals surface area contributed by atoms with Crippen LogP contribution in [0.25, 0.3) is 0 Å².